The number of carbonyl (C=O) groups is 1. The van der Waals surface area contributed by atoms with Gasteiger partial charge in [-0.3, -0.25) is 4.79 Å². The monoisotopic (exact) mass is 187 g/mol. The molecule has 0 unspecified atom stereocenters. The lowest BCUT2D eigenvalue weighted by Gasteiger charge is -2.02. The molecule has 0 atom stereocenters. The smallest absolute Gasteiger partial charge is 0.191 e. The molecule has 14 heavy (non-hydrogen) atoms. The van der Waals surface area contributed by atoms with E-state index in [9.17, 15) is 4.79 Å². The van der Waals surface area contributed by atoms with Crippen LogP contribution in [0.1, 0.15) is 22.8 Å². The van der Waals surface area contributed by atoms with Crippen LogP contribution in [0.25, 0.3) is 0 Å². The van der Waals surface area contributed by atoms with E-state index in [1.165, 1.54) is 0 Å². The van der Waals surface area contributed by atoms with Crippen LogP contribution in [-0.4, -0.2) is 12.8 Å². The minimum atomic E-state index is 0.174. The van der Waals surface area contributed by atoms with Gasteiger partial charge >= 0.3 is 0 Å². The summed E-state index contributed by atoms with van der Waals surface area (Å²) in [5.41, 5.74) is 3.87. The lowest BCUT2D eigenvalue weighted by Crippen LogP contribution is -2.09. The Morgan fingerprint density at radius 2 is 2.07 bits per heavy atom. The number of rotatable bonds is 1. The van der Waals surface area contributed by atoms with E-state index in [2.05, 4.69) is 5.32 Å². The molecule has 1 aliphatic rings. The third-order valence-electron chi connectivity index (χ3n) is 2.73. The molecule has 0 saturated heterocycles. The first-order valence-corrected chi connectivity index (χ1v) is 4.74. The van der Waals surface area contributed by atoms with Crippen molar-refractivity contribution in [3.8, 4) is 0 Å². The number of allylic oxidation sites excluding steroid dienone is 2. The van der Waals surface area contributed by atoms with Crippen LogP contribution in [0.15, 0.2) is 35.5 Å². The number of hydrogen-bond acceptors (Lipinski definition) is 2. The standard InChI is InChI=1S/C12H13NO/c1-8(13-2)11-7-9-5-3-4-6-10(9)12(11)14/h3-6,13H,7H2,1-2H3. The van der Waals surface area contributed by atoms with Gasteiger partial charge in [0.15, 0.2) is 5.78 Å². The molecule has 0 saturated carbocycles. The van der Waals surface area contributed by atoms with Crippen LogP contribution >= 0.6 is 0 Å². The Hall–Kier alpha value is -1.57. The van der Waals surface area contributed by atoms with Crippen molar-refractivity contribution in [3.63, 3.8) is 0 Å². The molecule has 1 aromatic carbocycles. The molecule has 2 rings (SSSR count). The van der Waals surface area contributed by atoms with Gasteiger partial charge in [-0.15, -0.1) is 0 Å². The van der Waals surface area contributed by atoms with Crippen LogP contribution in [0.2, 0.25) is 0 Å². The Morgan fingerprint density at radius 1 is 1.36 bits per heavy atom. The number of benzene rings is 1. The zero-order valence-corrected chi connectivity index (χ0v) is 8.42. The molecule has 0 amide bonds. The average molecular weight is 187 g/mol. The summed E-state index contributed by atoms with van der Waals surface area (Å²) in [6.07, 6.45) is 0.766. The van der Waals surface area contributed by atoms with Crippen molar-refractivity contribution in [1.29, 1.82) is 0 Å². The maximum Gasteiger partial charge on any atom is 0.191 e. The van der Waals surface area contributed by atoms with Gasteiger partial charge in [0.1, 0.15) is 0 Å². The van der Waals surface area contributed by atoms with Gasteiger partial charge in [-0.2, -0.15) is 0 Å². The van der Waals surface area contributed by atoms with Crippen LogP contribution in [0, 0.1) is 0 Å². The van der Waals surface area contributed by atoms with Gasteiger partial charge in [-0.1, -0.05) is 24.3 Å². The van der Waals surface area contributed by atoms with Gasteiger partial charge in [0.25, 0.3) is 0 Å². The lowest BCUT2D eigenvalue weighted by atomic mass is 10.1. The summed E-state index contributed by atoms with van der Waals surface area (Å²) in [5.74, 6) is 0.174. The topological polar surface area (TPSA) is 29.1 Å². The third-order valence-corrected chi connectivity index (χ3v) is 2.73. The van der Waals surface area contributed by atoms with E-state index in [-0.39, 0.29) is 5.78 Å². The number of nitrogens with one attached hydrogen (secondary N) is 1. The number of ketones is 1. The van der Waals surface area contributed by atoms with E-state index in [1.54, 1.807) is 0 Å². The van der Waals surface area contributed by atoms with Crippen molar-refractivity contribution in [3.05, 3.63) is 46.7 Å². The molecular weight excluding hydrogens is 174 g/mol. The molecule has 72 valence electrons. The molecule has 2 heteroatoms. The highest BCUT2D eigenvalue weighted by molar-refractivity contribution is 6.13. The van der Waals surface area contributed by atoms with Crippen LogP contribution in [-0.2, 0) is 6.42 Å². The maximum absolute atomic E-state index is 11.9. The summed E-state index contributed by atoms with van der Waals surface area (Å²) in [5, 5.41) is 3.03. The van der Waals surface area contributed by atoms with Crippen molar-refractivity contribution in [2.75, 3.05) is 7.05 Å². The molecule has 1 aliphatic carbocycles. The molecule has 0 spiro atoms. The predicted molar refractivity (Wildman–Crippen MR) is 56.2 cm³/mol. The highest BCUT2D eigenvalue weighted by Gasteiger charge is 2.25. The minimum absolute atomic E-state index is 0.174. The van der Waals surface area contributed by atoms with Gasteiger partial charge in [0.2, 0.25) is 0 Å². The normalized spacial score (nSPS) is 18.0. The van der Waals surface area contributed by atoms with Crippen molar-refractivity contribution in [2.24, 2.45) is 0 Å². The number of fused-ring (bicyclic) bond motifs is 1. The summed E-state index contributed by atoms with van der Waals surface area (Å²) >= 11 is 0. The molecule has 2 nitrogen and oxygen atoms in total. The maximum atomic E-state index is 11.9. The summed E-state index contributed by atoms with van der Waals surface area (Å²) in [4.78, 5) is 11.9. The Morgan fingerprint density at radius 3 is 2.71 bits per heavy atom. The minimum Gasteiger partial charge on any atom is -0.391 e. The molecule has 0 radical (unpaired) electrons. The highest BCUT2D eigenvalue weighted by Crippen LogP contribution is 2.27. The van der Waals surface area contributed by atoms with Crippen LogP contribution in [0.3, 0.4) is 0 Å². The zero-order valence-electron chi connectivity index (χ0n) is 8.42. The fourth-order valence-electron chi connectivity index (χ4n) is 1.78. The predicted octanol–water partition coefficient (Wildman–Crippen LogP) is 1.92. The molecule has 0 fully saturated rings. The van der Waals surface area contributed by atoms with E-state index in [0.717, 1.165) is 28.8 Å². The van der Waals surface area contributed by atoms with E-state index in [0.29, 0.717) is 0 Å². The Kier molecular flexibility index (Phi) is 2.12. The second-order valence-electron chi connectivity index (χ2n) is 3.52. The highest BCUT2D eigenvalue weighted by atomic mass is 16.1. The number of carbonyl (C=O) groups excluding carboxylic acids is 1. The van der Waals surface area contributed by atoms with Crippen LogP contribution in [0.5, 0.6) is 0 Å². The van der Waals surface area contributed by atoms with Crippen LogP contribution in [0.4, 0.5) is 0 Å². The van der Waals surface area contributed by atoms with Gasteiger partial charge in [0.05, 0.1) is 0 Å². The van der Waals surface area contributed by atoms with Crippen molar-refractivity contribution < 1.29 is 4.79 Å². The van der Waals surface area contributed by atoms with Gasteiger partial charge < -0.3 is 5.32 Å². The first-order valence-electron chi connectivity index (χ1n) is 4.74. The van der Waals surface area contributed by atoms with Crippen molar-refractivity contribution >= 4 is 5.78 Å². The molecule has 0 bridgehead atoms. The Balaban J connectivity index is 2.49. The molecule has 0 aromatic heterocycles. The second kappa shape index (κ2) is 3.29. The summed E-state index contributed by atoms with van der Waals surface area (Å²) in [6, 6.07) is 7.80. The molecule has 0 aliphatic heterocycles. The van der Waals surface area contributed by atoms with Crippen LogP contribution < -0.4 is 5.32 Å². The molecule has 0 heterocycles. The summed E-state index contributed by atoms with van der Waals surface area (Å²) in [6.45, 7) is 1.94. The third kappa shape index (κ3) is 1.23. The summed E-state index contributed by atoms with van der Waals surface area (Å²) < 4.78 is 0. The Bertz CT molecular complexity index is 418. The van der Waals surface area contributed by atoms with Crippen molar-refractivity contribution in [2.45, 2.75) is 13.3 Å². The average Bonchev–Trinajstić information content (AvgIpc) is 2.56. The number of Topliss-reactive ketones (excluding diaryl/α,β-unsaturated/α-hetero) is 1. The second-order valence-corrected chi connectivity index (χ2v) is 3.52. The number of hydrogen-bond donors (Lipinski definition) is 1. The van der Waals surface area contributed by atoms with Gasteiger partial charge in [-0.05, 0) is 12.5 Å². The summed E-state index contributed by atoms with van der Waals surface area (Å²) in [7, 11) is 1.85. The fourth-order valence-corrected chi connectivity index (χ4v) is 1.78. The van der Waals surface area contributed by atoms with Gasteiger partial charge in [-0.25, -0.2) is 0 Å². The SMILES string of the molecule is CNC(C)=C1Cc2ccccc2C1=O. The molecule has 1 N–H and O–H groups in total. The van der Waals surface area contributed by atoms with Crippen molar-refractivity contribution in [1.82, 2.24) is 5.32 Å². The first kappa shape index (κ1) is 9.00. The van der Waals surface area contributed by atoms with Gasteiger partial charge in [0, 0.05) is 30.3 Å². The zero-order chi connectivity index (χ0) is 10.1. The largest absolute Gasteiger partial charge is 0.391 e. The van der Waals surface area contributed by atoms with E-state index in [4.69, 9.17) is 0 Å². The van der Waals surface area contributed by atoms with E-state index in [1.807, 2.05) is 38.2 Å². The Labute approximate surface area is 83.6 Å². The molecule has 1 aromatic rings. The first-order chi connectivity index (χ1) is 6.74. The van der Waals surface area contributed by atoms with E-state index >= 15 is 0 Å². The lowest BCUT2D eigenvalue weighted by molar-refractivity contribution is 0.103. The quantitative estimate of drug-likeness (QED) is 0.680. The molecular formula is C12H13NO. The van der Waals surface area contributed by atoms with E-state index < -0.39 is 0 Å². The fraction of sp³-hybridized carbons (Fsp3) is 0.250.